The maximum atomic E-state index is 12.1. The second kappa shape index (κ2) is 4.21. The monoisotopic (exact) mass is 270 g/mol. The molecule has 2 aromatic rings. The van der Waals surface area contributed by atoms with E-state index in [1.54, 1.807) is 0 Å². The maximum absolute atomic E-state index is 12.1. The summed E-state index contributed by atoms with van der Waals surface area (Å²) in [6.45, 7) is 0.776. The van der Waals surface area contributed by atoms with Crippen LogP contribution in [0.2, 0.25) is 0 Å². The SMILES string of the molecule is Cl.O=C1C=NC2=CC=CCn3c2c1c1ccccc13. The van der Waals surface area contributed by atoms with Gasteiger partial charge in [0.05, 0.1) is 23.2 Å². The summed E-state index contributed by atoms with van der Waals surface area (Å²) < 4.78 is 2.16. The fourth-order valence-corrected chi connectivity index (χ4v) is 2.71. The van der Waals surface area contributed by atoms with Crippen molar-refractivity contribution in [2.45, 2.75) is 6.54 Å². The number of hydrogen-bond acceptors (Lipinski definition) is 2. The third-order valence-electron chi connectivity index (χ3n) is 3.46. The Balaban J connectivity index is 0.00000110. The molecule has 2 aliphatic heterocycles. The first-order chi connectivity index (χ1) is 8.86. The number of carbonyl (C=O) groups is 1. The average Bonchev–Trinajstić information content (AvgIpc) is 2.58. The highest BCUT2D eigenvalue weighted by atomic mass is 35.5. The van der Waals surface area contributed by atoms with Crippen LogP contribution in [0.4, 0.5) is 0 Å². The van der Waals surface area contributed by atoms with Crippen molar-refractivity contribution >= 4 is 41.0 Å². The molecule has 0 amide bonds. The Morgan fingerprint density at radius 2 is 2.05 bits per heavy atom. The van der Waals surface area contributed by atoms with E-state index in [9.17, 15) is 4.79 Å². The van der Waals surface area contributed by atoms with E-state index >= 15 is 0 Å². The Kier molecular flexibility index (Phi) is 2.64. The Hall–Kier alpha value is -2.13. The molecule has 1 aromatic carbocycles. The summed E-state index contributed by atoms with van der Waals surface area (Å²) >= 11 is 0. The Bertz CT molecular complexity index is 781. The molecule has 0 N–H and O–H groups in total. The molecule has 0 saturated heterocycles. The second-order valence-corrected chi connectivity index (χ2v) is 4.45. The van der Waals surface area contributed by atoms with Gasteiger partial charge in [-0.2, -0.15) is 0 Å². The molecule has 2 aliphatic rings. The average molecular weight is 271 g/mol. The number of hydrogen-bond donors (Lipinski definition) is 0. The maximum Gasteiger partial charge on any atom is 0.206 e. The van der Waals surface area contributed by atoms with E-state index in [-0.39, 0.29) is 18.2 Å². The summed E-state index contributed by atoms with van der Waals surface area (Å²) in [4.78, 5) is 16.4. The van der Waals surface area contributed by atoms with Crippen LogP contribution in [0.1, 0.15) is 16.1 Å². The zero-order valence-electron chi connectivity index (χ0n) is 10.0. The van der Waals surface area contributed by atoms with Crippen LogP contribution >= 0.6 is 12.4 Å². The normalized spacial score (nSPS) is 15.8. The van der Waals surface area contributed by atoms with Crippen molar-refractivity contribution in [3.8, 4) is 0 Å². The van der Waals surface area contributed by atoms with Gasteiger partial charge in [-0.15, -0.1) is 12.4 Å². The topological polar surface area (TPSA) is 34.4 Å². The van der Waals surface area contributed by atoms with Crippen LogP contribution in [0.5, 0.6) is 0 Å². The van der Waals surface area contributed by atoms with Gasteiger partial charge in [-0.3, -0.25) is 9.79 Å². The molecular formula is C15H11ClN2O. The molecule has 0 atom stereocenters. The molecule has 0 saturated carbocycles. The van der Waals surface area contributed by atoms with Crippen LogP contribution < -0.4 is 0 Å². The fourth-order valence-electron chi connectivity index (χ4n) is 2.71. The van der Waals surface area contributed by atoms with Crippen molar-refractivity contribution in [1.82, 2.24) is 4.57 Å². The van der Waals surface area contributed by atoms with Gasteiger partial charge in [0.2, 0.25) is 5.78 Å². The first-order valence-corrected chi connectivity index (χ1v) is 5.93. The molecule has 3 nitrogen and oxygen atoms in total. The van der Waals surface area contributed by atoms with E-state index in [1.807, 2.05) is 30.4 Å². The number of nitrogens with zero attached hydrogens (tertiary/aromatic N) is 2. The summed E-state index contributed by atoms with van der Waals surface area (Å²) in [5, 5.41) is 1.02. The van der Waals surface area contributed by atoms with E-state index in [0.717, 1.165) is 34.4 Å². The zero-order chi connectivity index (χ0) is 12.1. The van der Waals surface area contributed by atoms with Crippen LogP contribution in [0.25, 0.3) is 16.6 Å². The van der Waals surface area contributed by atoms with Gasteiger partial charge in [0, 0.05) is 17.4 Å². The van der Waals surface area contributed by atoms with Gasteiger partial charge < -0.3 is 4.57 Å². The summed E-state index contributed by atoms with van der Waals surface area (Å²) in [6.07, 6.45) is 7.46. The van der Waals surface area contributed by atoms with Crippen molar-refractivity contribution in [2.75, 3.05) is 0 Å². The molecule has 1 aromatic heterocycles. The summed E-state index contributed by atoms with van der Waals surface area (Å²) in [5.41, 5.74) is 3.71. The first kappa shape index (κ1) is 11.9. The quantitative estimate of drug-likeness (QED) is 0.724. The van der Waals surface area contributed by atoms with Gasteiger partial charge >= 0.3 is 0 Å². The molecule has 19 heavy (non-hydrogen) atoms. The van der Waals surface area contributed by atoms with E-state index in [4.69, 9.17) is 0 Å². The number of aliphatic imine (C=N–C) groups is 1. The molecule has 0 bridgehead atoms. The number of carbonyl (C=O) groups excluding carboxylic acids is 1. The van der Waals surface area contributed by atoms with Crippen LogP contribution in [0.3, 0.4) is 0 Å². The van der Waals surface area contributed by atoms with Crippen LogP contribution in [0.15, 0.2) is 47.5 Å². The van der Waals surface area contributed by atoms with Crippen molar-refractivity contribution < 1.29 is 4.79 Å². The number of benzene rings is 1. The predicted octanol–water partition coefficient (Wildman–Crippen LogP) is 3.24. The standard InChI is InChI=1S/C15H10N2O.ClH/c18-13-9-16-11-6-3-4-8-17-12-7-2-1-5-10(12)14(13)15(11)17;/h1-7,9H,8H2;1H. The Morgan fingerprint density at radius 1 is 1.21 bits per heavy atom. The molecule has 0 spiro atoms. The minimum Gasteiger partial charge on any atom is -0.335 e. The lowest BCUT2D eigenvalue weighted by atomic mass is 10.0. The predicted molar refractivity (Wildman–Crippen MR) is 79.1 cm³/mol. The highest BCUT2D eigenvalue weighted by Gasteiger charge is 2.26. The molecule has 4 heteroatoms. The molecule has 94 valence electrons. The number of para-hydroxylation sites is 1. The van der Waals surface area contributed by atoms with Gasteiger partial charge in [-0.05, 0) is 12.1 Å². The van der Waals surface area contributed by atoms with Gasteiger partial charge in [0.15, 0.2) is 0 Å². The van der Waals surface area contributed by atoms with E-state index in [0.29, 0.717) is 0 Å². The van der Waals surface area contributed by atoms with Crippen molar-refractivity contribution in [1.29, 1.82) is 0 Å². The molecule has 0 unspecified atom stereocenters. The molecule has 3 heterocycles. The van der Waals surface area contributed by atoms with Gasteiger partial charge in [0.25, 0.3) is 0 Å². The van der Waals surface area contributed by atoms with Crippen LogP contribution in [-0.2, 0) is 6.54 Å². The third-order valence-corrected chi connectivity index (χ3v) is 3.46. The number of halogens is 1. The zero-order valence-corrected chi connectivity index (χ0v) is 10.9. The van der Waals surface area contributed by atoms with Gasteiger partial charge in [0.1, 0.15) is 0 Å². The number of ketones is 1. The van der Waals surface area contributed by atoms with E-state index < -0.39 is 0 Å². The molecule has 0 aliphatic carbocycles. The fraction of sp³-hybridized carbons (Fsp3) is 0.0667. The number of Topliss-reactive ketones (excluding diaryl/α,β-unsaturated/α-hetero) is 1. The molecule has 4 rings (SSSR count). The largest absolute Gasteiger partial charge is 0.335 e. The van der Waals surface area contributed by atoms with Gasteiger partial charge in [-0.25, -0.2) is 0 Å². The van der Waals surface area contributed by atoms with Gasteiger partial charge in [-0.1, -0.05) is 30.4 Å². The first-order valence-electron chi connectivity index (χ1n) is 5.93. The third kappa shape index (κ3) is 1.52. The Labute approximate surface area is 116 Å². The molecule has 0 fully saturated rings. The highest BCUT2D eigenvalue weighted by Crippen LogP contribution is 2.34. The number of rotatable bonds is 0. The lowest BCUT2D eigenvalue weighted by molar-refractivity contribution is 0.107. The summed E-state index contributed by atoms with van der Waals surface area (Å²) in [6, 6.07) is 8.03. The smallest absolute Gasteiger partial charge is 0.206 e. The van der Waals surface area contributed by atoms with E-state index in [1.165, 1.54) is 6.21 Å². The van der Waals surface area contributed by atoms with Crippen molar-refractivity contribution in [3.63, 3.8) is 0 Å². The number of fused-ring (bicyclic) bond motifs is 3. The number of allylic oxidation sites excluding steroid dienone is 3. The van der Waals surface area contributed by atoms with E-state index in [2.05, 4.69) is 21.7 Å². The van der Waals surface area contributed by atoms with Crippen molar-refractivity contribution in [3.05, 3.63) is 53.8 Å². The summed E-state index contributed by atoms with van der Waals surface area (Å²) in [5.74, 6) is -0.000926. The lowest BCUT2D eigenvalue weighted by Gasteiger charge is -2.11. The highest BCUT2D eigenvalue weighted by molar-refractivity contribution is 6.41. The minimum absolute atomic E-state index is 0. The second-order valence-electron chi connectivity index (χ2n) is 4.45. The lowest BCUT2D eigenvalue weighted by Crippen LogP contribution is -2.11. The summed E-state index contributed by atoms with van der Waals surface area (Å²) in [7, 11) is 0. The van der Waals surface area contributed by atoms with Crippen molar-refractivity contribution in [2.24, 2.45) is 4.99 Å². The van der Waals surface area contributed by atoms with Crippen LogP contribution in [0, 0.1) is 0 Å². The molecule has 0 radical (unpaired) electrons. The minimum atomic E-state index is -0.000926. The van der Waals surface area contributed by atoms with Crippen LogP contribution in [-0.4, -0.2) is 16.6 Å². The molecular weight excluding hydrogens is 260 g/mol. The number of aromatic nitrogens is 1. The Morgan fingerprint density at radius 3 is 2.95 bits per heavy atom.